The van der Waals surface area contributed by atoms with Crippen molar-refractivity contribution in [1.82, 2.24) is 10.1 Å². The number of carboxylic acid groups (broad SMARTS) is 1. The van der Waals surface area contributed by atoms with Gasteiger partial charge in [0.2, 0.25) is 0 Å². The molecule has 0 fully saturated rings. The lowest BCUT2D eigenvalue weighted by molar-refractivity contribution is -0.137. The number of aryl methyl sites for hydroxylation is 1. The molecule has 0 unspecified atom stereocenters. The summed E-state index contributed by atoms with van der Waals surface area (Å²) in [4.78, 5) is 14.8. The molecule has 2 rings (SSSR count). The first kappa shape index (κ1) is 16.5. The number of rotatable bonds is 7. The molecule has 1 aromatic heterocycles. The van der Waals surface area contributed by atoms with E-state index in [-0.39, 0.29) is 24.8 Å². The van der Waals surface area contributed by atoms with Gasteiger partial charge >= 0.3 is 5.97 Å². The summed E-state index contributed by atoms with van der Waals surface area (Å²) in [7, 11) is 0. The van der Waals surface area contributed by atoms with Crippen LogP contribution in [0.2, 0.25) is 0 Å². The quantitative estimate of drug-likeness (QED) is 0.836. The molecule has 0 amide bonds. The Morgan fingerprint density at radius 2 is 2.30 bits per heavy atom. The van der Waals surface area contributed by atoms with E-state index in [2.05, 4.69) is 16.2 Å². The fourth-order valence-corrected chi connectivity index (χ4v) is 1.89. The molecule has 2 aromatic rings. The molecule has 0 saturated heterocycles. The summed E-state index contributed by atoms with van der Waals surface area (Å²) in [5, 5.41) is 21.7. The van der Waals surface area contributed by atoms with Crippen LogP contribution in [0.4, 0.5) is 0 Å². The highest BCUT2D eigenvalue weighted by atomic mass is 16.5. The lowest BCUT2D eigenvalue weighted by Crippen LogP contribution is -2.11. The van der Waals surface area contributed by atoms with Crippen molar-refractivity contribution in [2.75, 3.05) is 0 Å². The van der Waals surface area contributed by atoms with E-state index in [4.69, 9.17) is 14.4 Å². The number of nitriles is 1. The third-order valence-corrected chi connectivity index (χ3v) is 3.29. The van der Waals surface area contributed by atoms with E-state index in [1.165, 1.54) is 0 Å². The average Bonchev–Trinajstić information content (AvgIpc) is 3.01. The highest BCUT2D eigenvalue weighted by Gasteiger charge is 2.19. The number of aromatic nitrogens is 2. The number of nitrogens with zero attached hydrogens (tertiary/aromatic N) is 3. The molecule has 0 saturated carbocycles. The molecular weight excluding hydrogens is 298 g/mol. The Labute approximate surface area is 133 Å². The number of aliphatic carboxylic acids is 1. The summed E-state index contributed by atoms with van der Waals surface area (Å²) in [5.74, 6) is -0.0125. The number of benzene rings is 1. The van der Waals surface area contributed by atoms with Gasteiger partial charge in [0.15, 0.2) is 5.82 Å². The molecule has 120 valence electrons. The van der Waals surface area contributed by atoms with Crippen LogP contribution >= 0.6 is 0 Å². The topological polar surface area (TPSA) is 109 Å². The third-order valence-electron chi connectivity index (χ3n) is 3.29. The van der Waals surface area contributed by atoms with E-state index in [0.717, 1.165) is 6.42 Å². The van der Waals surface area contributed by atoms with Crippen LogP contribution in [-0.2, 0) is 11.2 Å². The van der Waals surface area contributed by atoms with Gasteiger partial charge < -0.3 is 14.4 Å². The van der Waals surface area contributed by atoms with Crippen molar-refractivity contribution in [2.45, 2.75) is 39.2 Å². The van der Waals surface area contributed by atoms with E-state index in [9.17, 15) is 10.1 Å². The molecule has 1 atom stereocenters. The second-order valence-corrected chi connectivity index (χ2v) is 5.04. The van der Waals surface area contributed by atoms with Crippen LogP contribution in [0.5, 0.6) is 5.75 Å². The van der Waals surface area contributed by atoms with E-state index in [1.807, 2.05) is 13.8 Å². The molecule has 1 heterocycles. The largest absolute Gasteiger partial charge is 0.489 e. The van der Waals surface area contributed by atoms with Crippen LogP contribution in [0.15, 0.2) is 22.7 Å². The number of para-hydroxylation sites is 1. The van der Waals surface area contributed by atoms with Crippen LogP contribution in [0.1, 0.15) is 38.1 Å². The van der Waals surface area contributed by atoms with Crippen LogP contribution in [0.25, 0.3) is 11.5 Å². The first-order chi connectivity index (χ1) is 11.0. The summed E-state index contributed by atoms with van der Waals surface area (Å²) in [5.41, 5.74) is 0.909. The molecule has 7 heteroatoms. The molecule has 7 nitrogen and oxygen atoms in total. The van der Waals surface area contributed by atoms with Crippen LogP contribution in [-0.4, -0.2) is 27.3 Å². The summed E-state index contributed by atoms with van der Waals surface area (Å²) in [6.45, 7) is 3.89. The molecule has 0 aliphatic carbocycles. The van der Waals surface area contributed by atoms with Crippen LogP contribution in [0, 0.1) is 11.3 Å². The van der Waals surface area contributed by atoms with Gasteiger partial charge in [-0.2, -0.15) is 10.2 Å². The lowest BCUT2D eigenvalue weighted by Gasteiger charge is -2.15. The smallest absolute Gasteiger partial charge is 0.303 e. The maximum Gasteiger partial charge on any atom is 0.303 e. The highest BCUT2D eigenvalue weighted by Crippen LogP contribution is 2.33. The van der Waals surface area contributed by atoms with E-state index < -0.39 is 5.97 Å². The van der Waals surface area contributed by atoms with Gasteiger partial charge in [-0.05, 0) is 25.5 Å². The molecule has 0 aliphatic rings. The van der Waals surface area contributed by atoms with E-state index >= 15 is 0 Å². The lowest BCUT2D eigenvalue weighted by atomic mass is 10.1. The van der Waals surface area contributed by atoms with Crippen molar-refractivity contribution in [2.24, 2.45) is 0 Å². The Hall–Kier alpha value is -2.88. The number of carbonyl (C=O) groups is 1. The zero-order valence-electron chi connectivity index (χ0n) is 12.9. The second kappa shape index (κ2) is 7.40. The second-order valence-electron chi connectivity index (χ2n) is 5.04. The predicted molar refractivity (Wildman–Crippen MR) is 80.8 cm³/mol. The highest BCUT2D eigenvalue weighted by molar-refractivity contribution is 5.68. The van der Waals surface area contributed by atoms with Gasteiger partial charge in [-0.25, -0.2) is 0 Å². The third kappa shape index (κ3) is 4.07. The molecular formula is C16H17N3O4. The normalized spacial score (nSPS) is 11.7. The molecule has 1 aromatic carbocycles. The summed E-state index contributed by atoms with van der Waals surface area (Å²) >= 11 is 0. The maximum absolute atomic E-state index is 10.6. The minimum Gasteiger partial charge on any atom is -0.489 e. The zero-order valence-corrected chi connectivity index (χ0v) is 12.9. The SMILES string of the molecule is CC[C@H](C)Oc1c(C#N)cccc1-c1nc(CCC(=O)O)no1. The number of hydrogen-bond acceptors (Lipinski definition) is 6. The Balaban J connectivity index is 2.35. The minimum absolute atomic E-state index is 0.0716. The summed E-state index contributed by atoms with van der Waals surface area (Å²) in [6.07, 6.45) is 0.816. The number of hydrogen-bond donors (Lipinski definition) is 1. The average molecular weight is 315 g/mol. The zero-order chi connectivity index (χ0) is 16.8. The van der Waals surface area contributed by atoms with Crippen LogP contribution in [0.3, 0.4) is 0 Å². The van der Waals surface area contributed by atoms with Gasteiger partial charge in [0.25, 0.3) is 5.89 Å². The molecule has 1 N–H and O–H groups in total. The molecule has 0 aliphatic heterocycles. The fourth-order valence-electron chi connectivity index (χ4n) is 1.89. The number of ether oxygens (including phenoxy) is 1. The Bertz CT molecular complexity index is 733. The Morgan fingerprint density at radius 1 is 1.52 bits per heavy atom. The minimum atomic E-state index is -0.927. The molecule has 0 spiro atoms. The van der Waals surface area contributed by atoms with Gasteiger partial charge in [0.1, 0.15) is 11.8 Å². The van der Waals surface area contributed by atoms with Crippen molar-refractivity contribution >= 4 is 5.97 Å². The van der Waals surface area contributed by atoms with Crippen molar-refractivity contribution in [1.29, 1.82) is 5.26 Å². The van der Waals surface area contributed by atoms with Crippen molar-refractivity contribution in [3.05, 3.63) is 29.6 Å². The summed E-state index contributed by atoms with van der Waals surface area (Å²) < 4.78 is 11.0. The van der Waals surface area contributed by atoms with Crippen molar-refractivity contribution in [3.63, 3.8) is 0 Å². The van der Waals surface area contributed by atoms with Crippen LogP contribution < -0.4 is 4.74 Å². The Morgan fingerprint density at radius 3 is 2.96 bits per heavy atom. The van der Waals surface area contributed by atoms with Crippen molar-refractivity contribution in [3.8, 4) is 23.3 Å². The predicted octanol–water partition coefficient (Wildman–Crippen LogP) is 2.80. The van der Waals surface area contributed by atoms with Crippen molar-refractivity contribution < 1.29 is 19.2 Å². The first-order valence-corrected chi connectivity index (χ1v) is 7.29. The molecule has 23 heavy (non-hydrogen) atoms. The van der Waals surface area contributed by atoms with Gasteiger partial charge in [-0.3, -0.25) is 4.79 Å². The maximum atomic E-state index is 10.6. The standard InChI is InChI=1S/C16H17N3O4/c1-3-10(2)22-15-11(9-17)5-4-6-12(15)16-18-13(19-23-16)7-8-14(20)21/h4-6,10H,3,7-8H2,1-2H3,(H,20,21)/t10-/m0/s1. The van der Waals surface area contributed by atoms with Gasteiger partial charge in [-0.1, -0.05) is 18.1 Å². The van der Waals surface area contributed by atoms with Gasteiger partial charge in [0.05, 0.1) is 23.7 Å². The number of carboxylic acids is 1. The first-order valence-electron chi connectivity index (χ1n) is 7.29. The summed E-state index contributed by atoms with van der Waals surface area (Å²) in [6, 6.07) is 7.18. The fraction of sp³-hybridized carbons (Fsp3) is 0.375. The molecule has 0 radical (unpaired) electrons. The van der Waals surface area contributed by atoms with E-state index in [1.54, 1.807) is 18.2 Å². The van der Waals surface area contributed by atoms with Gasteiger partial charge in [-0.15, -0.1) is 0 Å². The van der Waals surface area contributed by atoms with E-state index in [0.29, 0.717) is 22.7 Å². The monoisotopic (exact) mass is 315 g/mol. The Kier molecular flexibility index (Phi) is 5.31. The van der Waals surface area contributed by atoms with Gasteiger partial charge in [0, 0.05) is 6.42 Å². The molecule has 0 bridgehead atoms.